The molecular weight excluding hydrogens is 263 g/mol. The molecule has 1 unspecified atom stereocenters. The lowest BCUT2D eigenvalue weighted by molar-refractivity contribution is -0.135. The highest BCUT2D eigenvalue weighted by atomic mass is 32.2. The standard InChI is InChI=1S/C10H15F5OS/c1-2-8(16)17-6-4-7(11)3-5-10(14,15)9(12)13/h7,9H,2-6H2,1H3. The fourth-order valence-corrected chi connectivity index (χ4v) is 1.81. The SMILES string of the molecule is CCC(=O)SCCC(F)CCC(F)(F)C(F)F. The molecule has 0 radical (unpaired) electrons. The summed E-state index contributed by atoms with van der Waals surface area (Å²) in [7, 11) is 0. The predicted octanol–water partition coefficient (Wildman–Crippen LogP) is 4.07. The molecule has 1 nitrogen and oxygen atoms in total. The normalized spacial score (nSPS) is 14.1. The van der Waals surface area contributed by atoms with Crippen LogP contribution in [0.5, 0.6) is 0 Å². The zero-order chi connectivity index (χ0) is 13.5. The number of alkyl halides is 5. The van der Waals surface area contributed by atoms with Crippen molar-refractivity contribution in [1.29, 1.82) is 0 Å². The smallest absolute Gasteiger partial charge is 0.287 e. The van der Waals surface area contributed by atoms with Crippen LogP contribution in [-0.2, 0) is 4.79 Å². The Kier molecular flexibility index (Phi) is 7.74. The third kappa shape index (κ3) is 7.57. The monoisotopic (exact) mass is 278 g/mol. The minimum Gasteiger partial charge on any atom is -0.287 e. The Morgan fingerprint density at radius 3 is 2.29 bits per heavy atom. The van der Waals surface area contributed by atoms with Crippen LogP contribution in [0.2, 0.25) is 0 Å². The van der Waals surface area contributed by atoms with Crippen molar-refractivity contribution in [2.75, 3.05) is 5.75 Å². The van der Waals surface area contributed by atoms with Crippen LogP contribution < -0.4 is 0 Å². The van der Waals surface area contributed by atoms with Crippen LogP contribution in [0.15, 0.2) is 0 Å². The fourth-order valence-electron chi connectivity index (χ4n) is 1.01. The van der Waals surface area contributed by atoms with Gasteiger partial charge in [0.15, 0.2) is 5.12 Å². The van der Waals surface area contributed by atoms with Gasteiger partial charge in [-0.05, 0) is 12.8 Å². The third-order valence-corrected chi connectivity index (χ3v) is 3.14. The van der Waals surface area contributed by atoms with Gasteiger partial charge in [0.1, 0.15) is 6.17 Å². The maximum atomic E-state index is 13.0. The van der Waals surface area contributed by atoms with Crippen molar-refractivity contribution in [2.24, 2.45) is 0 Å². The summed E-state index contributed by atoms with van der Waals surface area (Å²) in [5.74, 6) is -3.94. The van der Waals surface area contributed by atoms with Gasteiger partial charge in [0, 0.05) is 18.6 Å². The van der Waals surface area contributed by atoms with E-state index >= 15 is 0 Å². The van der Waals surface area contributed by atoms with Crippen LogP contribution in [0.1, 0.15) is 32.6 Å². The van der Waals surface area contributed by atoms with E-state index in [-0.39, 0.29) is 17.3 Å². The van der Waals surface area contributed by atoms with E-state index in [1.807, 2.05) is 0 Å². The van der Waals surface area contributed by atoms with E-state index in [0.29, 0.717) is 6.42 Å². The quantitative estimate of drug-likeness (QED) is 0.623. The van der Waals surface area contributed by atoms with Crippen molar-refractivity contribution < 1.29 is 26.7 Å². The molecule has 0 spiro atoms. The van der Waals surface area contributed by atoms with Crippen molar-refractivity contribution >= 4 is 16.9 Å². The molecule has 0 aromatic rings. The van der Waals surface area contributed by atoms with Crippen LogP contribution >= 0.6 is 11.8 Å². The number of thioether (sulfide) groups is 1. The fraction of sp³-hybridized carbons (Fsp3) is 0.900. The molecule has 0 bridgehead atoms. The summed E-state index contributed by atoms with van der Waals surface area (Å²) >= 11 is 0.930. The molecule has 0 saturated heterocycles. The van der Waals surface area contributed by atoms with E-state index in [2.05, 4.69) is 0 Å². The summed E-state index contributed by atoms with van der Waals surface area (Å²) in [5.41, 5.74) is 0. The number of carbonyl (C=O) groups is 1. The molecule has 0 aliphatic carbocycles. The lowest BCUT2D eigenvalue weighted by Gasteiger charge is -2.16. The lowest BCUT2D eigenvalue weighted by atomic mass is 10.1. The Morgan fingerprint density at radius 1 is 1.24 bits per heavy atom. The van der Waals surface area contributed by atoms with Gasteiger partial charge in [-0.15, -0.1) is 0 Å². The van der Waals surface area contributed by atoms with Crippen LogP contribution in [0.25, 0.3) is 0 Å². The van der Waals surface area contributed by atoms with Gasteiger partial charge < -0.3 is 0 Å². The third-order valence-electron chi connectivity index (χ3n) is 2.09. The summed E-state index contributed by atoms with van der Waals surface area (Å²) in [4.78, 5) is 10.8. The van der Waals surface area contributed by atoms with Crippen molar-refractivity contribution in [3.63, 3.8) is 0 Å². The zero-order valence-electron chi connectivity index (χ0n) is 9.40. The maximum Gasteiger partial charge on any atom is 0.307 e. The highest BCUT2D eigenvalue weighted by Crippen LogP contribution is 2.29. The first-order valence-electron chi connectivity index (χ1n) is 5.25. The molecule has 17 heavy (non-hydrogen) atoms. The van der Waals surface area contributed by atoms with E-state index in [4.69, 9.17) is 0 Å². The van der Waals surface area contributed by atoms with Crippen LogP contribution in [0.4, 0.5) is 22.0 Å². The molecule has 1 atom stereocenters. The van der Waals surface area contributed by atoms with E-state index in [9.17, 15) is 26.7 Å². The molecule has 0 heterocycles. The maximum absolute atomic E-state index is 13.0. The van der Waals surface area contributed by atoms with Gasteiger partial charge in [0.05, 0.1) is 0 Å². The molecule has 0 aromatic heterocycles. The topological polar surface area (TPSA) is 17.1 Å². The number of halogens is 5. The molecule has 0 rings (SSSR count). The average Bonchev–Trinajstić information content (AvgIpc) is 2.26. The van der Waals surface area contributed by atoms with Crippen molar-refractivity contribution in [3.8, 4) is 0 Å². The second-order valence-electron chi connectivity index (χ2n) is 3.56. The molecule has 0 aromatic carbocycles. The van der Waals surface area contributed by atoms with E-state index in [0.717, 1.165) is 11.8 Å². The molecule has 0 fully saturated rings. The second kappa shape index (κ2) is 7.89. The summed E-state index contributed by atoms with van der Waals surface area (Å²) in [6, 6.07) is 0. The largest absolute Gasteiger partial charge is 0.307 e. The molecule has 102 valence electrons. The second-order valence-corrected chi connectivity index (χ2v) is 4.71. The van der Waals surface area contributed by atoms with E-state index < -0.39 is 31.4 Å². The zero-order valence-corrected chi connectivity index (χ0v) is 10.2. The summed E-state index contributed by atoms with van der Waals surface area (Å²) in [5, 5.41) is -0.102. The van der Waals surface area contributed by atoms with Gasteiger partial charge in [-0.25, -0.2) is 22.0 Å². The minimum absolute atomic E-state index is 0.0737. The van der Waals surface area contributed by atoms with Gasteiger partial charge in [0.25, 0.3) is 0 Å². The first-order valence-corrected chi connectivity index (χ1v) is 6.23. The Balaban J connectivity index is 3.73. The molecule has 0 saturated carbocycles. The Bertz CT molecular complexity index is 235. The van der Waals surface area contributed by atoms with Gasteiger partial charge in [-0.2, -0.15) is 0 Å². The minimum atomic E-state index is -4.13. The van der Waals surface area contributed by atoms with Gasteiger partial charge in [-0.3, -0.25) is 4.79 Å². The molecule has 0 amide bonds. The highest BCUT2D eigenvalue weighted by molar-refractivity contribution is 8.13. The molecule has 0 aliphatic heterocycles. The molecule has 0 N–H and O–H groups in total. The van der Waals surface area contributed by atoms with E-state index in [1.165, 1.54) is 0 Å². The Labute approximate surface area is 101 Å². The number of hydrogen-bond donors (Lipinski definition) is 0. The van der Waals surface area contributed by atoms with Crippen LogP contribution in [-0.4, -0.2) is 29.4 Å². The number of carbonyl (C=O) groups excluding carboxylic acids is 1. The summed E-state index contributed by atoms with van der Waals surface area (Å²) in [6.45, 7) is 1.66. The predicted molar refractivity (Wildman–Crippen MR) is 57.5 cm³/mol. The molecule has 7 heteroatoms. The number of rotatable bonds is 8. The van der Waals surface area contributed by atoms with E-state index in [1.54, 1.807) is 6.92 Å². The first-order chi connectivity index (χ1) is 7.79. The van der Waals surface area contributed by atoms with Gasteiger partial charge >= 0.3 is 12.3 Å². The number of hydrogen-bond acceptors (Lipinski definition) is 2. The Hall–Kier alpha value is -0.330. The lowest BCUT2D eigenvalue weighted by Crippen LogP contribution is -2.27. The average molecular weight is 278 g/mol. The van der Waals surface area contributed by atoms with Crippen molar-refractivity contribution in [3.05, 3.63) is 0 Å². The first kappa shape index (κ1) is 16.7. The highest BCUT2D eigenvalue weighted by Gasteiger charge is 2.40. The summed E-state index contributed by atoms with van der Waals surface area (Å²) < 4.78 is 61.4. The van der Waals surface area contributed by atoms with Crippen molar-refractivity contribution in [2.45, 2.75) is 51.1 Å². The molecule has 0 aliphatic rings. The summed E-state index contributed by atoms with van der Waals surface area (Å²) in [6.07, 6.45) is -6.86. The molecular formula is C10H15F5OS. The van der Waals surface area contributed by atoms with Gasteiger partial charge in [-0.1, -0.05) is 18.7 Å². The Morgan fingerprint density at radius 2 is 1.82 bits per heavy atom. The van der Waals surface area contributed by atoms with Gasteiger partial charge in [0.2, 0.25) is 0 Å². The van der Waals surface area contributed by atoms with Crippen LogP contribution in [0, 0.1) is 0 Å². The van der Waals surface area contributed by atoms with Crippen LogP contribution in [0.3, 0.4) is 0 Å². The van der Waals surface area contributed by atoms with Crippen molar-refractivity contribution in [1.82, 2.24) is 0 Å².